The minimum atomic E-state index is -3.75. The number of nitrogens with one attached hydrogen (secondary N) is 1. The number of pyridine rings is 1. The highest BCUT2D eigenvalue weighted by Crippen LogP contribution is 2.37. The van der Waals surface area contributed by atoms with Crippen LogP contribution in [0, 0.1) is 6.92 Å². The lowest BCUT2D eigenvalue weighted by molar-refractivity contribution is 0.231. The summed E-state index contributed by atoms with van der Waals surface area (Å²) in [4.78, 5) is 9.53. The van der Waals surface area contributed by atoms with Crippen molar-refractivity contribution in [1.29, 1.82) is 0 Å². The number of thiophene rings is 1. The maximum Gasteiger partial charge on any atom is 0.271 e. The van der Waals surface area contributed by atoms with Gasteiger partial charge in [-0.3, -0.25) is 14.6 Å². The molecule has 4 aromatic rings. The molecule has 4 heterocycles. The first kappa shape index (κ1) is 22.1. The molecule has 34 heavy (non-hydrogen) atoms. The molecule has 9 heteroatoms. The number of benzene rings is 2. The number of rotatable bonds is 4. The van der Waals surface area contributed by atoms with Gasteiger partial charge in [0.05, 0.1) is 5.52 Å². The standard InChI is InChI=1S/C25H25ClN4O2S2/c1-16-20-13-17(26)4-7-24(20)33-25(16)34(31,32)28-18-5-6-22-21(14-18)23(8-9-27-22)30-12-11-29-10-2-3-19(29)15-30/h4-9,13-14,19,28H,2-3,10-12,15H2,1H3/t19-/m0/s1. The third-order valence-electron chi connectivity index (χ3n) is 7.00. The SMILES string of the molecule is Cc1c(S(=O)(=O)Nc2ccc3nccc(N4CCN5CCC[C@H]5C4)c3c2)sc2ccc(Cl)cc12. The third kappa shape index (κ3) is 3.82. The van der Waals surface area contributed by atoms with Gasteiger partial charge in [-0.1, -0.05) is 11.6 Å². The summed E-state index contributed by atoms with van der Waals surface area (Å²) in [6.07, 6.45) is 4.35. The van der Waals surface area contributed by atoms with E-state index in [1.807, 2.05) is 43.5 Å². The zero-order chi connectivity index (χ0) is 23.4. The minimum Gasteiger partial charge on any atom is -0.368 e. The Bertz CT molecular complexity index is 1520. The lowest BCUT2D eigenvalue weighted by atomic mass is 10.1. The molecule has 1 atom stereocenters. The Morgan fingerprint density at radius 3 is 2.85 bits per heavy atom. The molecule has 2 aromatic heterocycles. The average Bonchev–Trinajstić information content (AvgIpc) is 3.42. The van der Waals surface area contributed by atoms with Crippen LogP contribution in [-0.2, 0) is 10.0 Å². The largest absolute Gasteiger partial charge is 0.368 e. The van der Waals surface area contributed by atoms with E-state index in [2.05, 4.69) is 19.5 Å². The van der Waals surface area contributed by atoms with Crippen molar-refractivity contribution in [2.45, 2.75) is 30.0 Å². The van der Waals surface area contributed by atoms with Crippen molar-refractivity contribution in [2.75, 3.05) is 35.8 Å². The van der Waals surface area contributed by atoms with Crippen LogP contribution in [-0.4, -0.2) is 50.5 Å². The lowest BCUT2D eigenvalue weighted by Gasteiger charge is -2.39. The monoisotopic (exact) mass is 512 g/mol. The van der Waals surface area contributed by atoms with Gasteiger partial charge in [-0.2, -0.15) is 0 Å². The molecule has 2 aliphatic heterocycles. The second kappa shape index (κ2) is 8.37. The van der Waals surface area contributed by atoms with E-state index in [9.17, 15) is 8.42 Å². The molecule has 2 aromatic carbocycles. The Morgan fingerprint density at radius 1 is 1.09 bits per heavy atom. The Labute approximate surface area is 208 Å². The quantitative estimate of drug-likeness (QED) is 0.391. The number of piperazine rings is 1. The number of aryl methyl sites for hydroxylation is 1. The molecule has 2 saturated heterocycles. The first-order chi connectivity index (χ1) is 16.4. The van der Waals surface area contributed by atoms with Gasteiger partial charge in [0, 0.05) is 58.4 Å². The molecule has 6 nitrogen and oxygen atoms in total. The van der Waals surface area contributed by atoms with Crippen LogP contribution in [0.15, 0.2) is 52.9 Å². The number of anilines is 2. The number of nitrogens with zero attached hydrogens (tertiary/aromatic N) is 3. The fourth-order valence-corrected chi connectivity index (χ4v) is 8.28. The van der Waals surface area contributed by atoms with Crippen molar-refractivity contribution in [3.63, 3.8) is 0 Å². The second-order valence-corrected chi connectivity index (χ2v) is 12.5. The van der Waals surface area contributed by atoms with Gasteiger partial charge in [-0.05, 0) is 79.7 Å². The second-order valence-electron chi connectivity index (χ2n) is 9.10. The van der Waals surface area contributed by atoms with Crippen LogP contribution in [0.1, 0.15) is 18.4 Å². The highest BCUT2D eigenvalue weighted by molar-refractivity contribution is 7.94. The third-order valence-corrected chi connectivity index (χ3v) is 10.5. The van der Waals surface area contributed by atoms with Crippen LogP contribution in [0.2, 0.25) is 5.02 Å². The lowest BCUT2D eigenvalue weighted by Crippen LogP contribution is -2.50. The molecule has 0 spiro atoms. The van der Waals surface area contributed by atoms with Crippen molar-refractivity contribution < 1.29 is 8.42 Å². The summed E-state index contributed by atoms with van der Waals surface area (Å²) in [6.45, 7) is 6.06. The summed E-state index contributed by atoms with van der Waals surface area (Å²) in [5.41, 5.74) is 3.23. The van der Waals surface area contributed by atoms with E-state index in [0.717, 1.165) is 46.3 Å². The van der Waals surface area contributed by atoms with Crippen LogP contribution in [0.5, 0.6) is 0 Å². The number of halogens is 1. The Balaban J connectivity index is 1.35. The highest BCUT2D eigenvalue weighted by atomic mass is 35.5. The zero-order valence-electron chi connectivity index (χ0n) is 18.8. The minimum absolute atomic E-state index is 0.314. The van der Waals surface area contributed by atoms with Crippen molar-refractivity contribution in [2.24, 2.45) is 0 Å². The number of aromatic nitrogens is 1. The van der Waals surface area contributed by atoms with E-state index in [1.54, 1.807) is 12.1 Å². The molecular formula is C25H25ClN4O2S2. The molecule has 0 saturated carbocycles. The Kier molecular flexibility index (Phi) is 5.44. The van der Waals surface area contributed by atoms with Gasteiger partial charge in [0.25, 0.3) is 10.0 Å². The Hall–Kier alpha value is -2.39. The fourth-order valence-electron chi connectivity index (χ4n) is 5.31. The maximum atomic E-state index is 13.4. The fraction of sp³-hybridized carbons (Fsp3) is 0.320. The molecule has 2 fully saturated rings. The molecule has 0 radical (unpaired) electrons. The first-order valence-electron chi connectivity index (χ1n) is 11.5. The number of fused-ring (bicyclic) bond motifs is 3. The predicted molar refractivity (Wildman–Crippen MR) is 141 cm³/mol. The van der Waals surface area contributed by atoms with Gasteiger partial charge in [0.1, 0.15) is 4.21 Å². The van der Waals surface area contributed by atoms with Crippen molar-refractivity contribution in [3.05, 3.63) is 59.2 Å². The summed E-state index contributed by atoms with van der Waals surface area (Å²) in [7, 11) is -3.75. The molecule has 0 aliphatic carbocycles. The van der Waals surface area contributed by atoms with Gasteiger partial charge >= 0.3 is 0 Å². The summed E-state index contributed by atoms with van der Waals surface area (Å²) in [5.74, 6) is 0. The highest BCUT2D eigenvalue weighted by Gasteiger charge is 2.31. The molecule has 0 bridgehead atoms. The topological polar surface area (TPSA) is 65.5 Å². The summed E-state index contributed by atoms with van der Waals surface area (Å²) < 4.78 is 30.7. The van der Waals surface area contributed by atoms with Crippen LogP contribution in [0.4, 0.5) is 11.4 Å². The zero-order valence-corrected chi connectivity index (χ0v) is 21.2. The van der Waals surface area contributed by atoms with Gasteiger partial charge in [0.2, 0.25) is 0 Å². The molecule has 0 unspecified atom stereocenters. The summed E-state index contributed by atoms with van der Waals surface area (Å²) in [6, 6.07) is 13.7. The van der Waals surface area contributed by atoms with E-state index in [0.29, 0.717) is 26.5 Å². The van der Waals surface area contributed by atoms with Crippen LogP contribution >= 0.6 is 22.9 Å². The van der Waals surface area contributed by atoms with E-state index in [-0.39, 0.29) is 0 Å². The average molecular weight is 513 g/mol. The number of hydrogen-bond donors (Lipinski definition) is 1. The maximum absolute atomic E-state index is 13.4. The van der Waals surface area contributed by atoms with Gasteiger partial charge in [-0.15, -0.1) is 11.3 Å². The van der Waals surface area contributed by atoms with E-state index >= 15 is 0 Å². The Morgan fingerprint density at radius 2 is 1.97 bits per heavy atom. The molecule has 1 N–H and O–H groups in total. The van der Waals surface area contributed by atoms with Gasteiger partial charge in [-0.25, -0.2) is 8.42 Å². The van der Waals surface area contributed by atoms with E-state index in [4.69, 9.17) is 11.6 Å². The van der Waals surface area contributed by atoms with Crippen LogP contribution < -0.4 is 9.62 Å². The van der Waals surface area contributed by atoms with Gasteiger partial charge in [0.15, 0.2) is 0 Å². The smallest absolute Gasteiger partial charge is 0.271 e. The first-order valence-corrected chi connectivity index (χ1v) is 14.2. The van der Waals surface area contributed by atoms with Crippen molar-refractivity contribution >= 4 is 65.3 Å². The normalized spacial score (nSPS) is 19.1. The molecule has 176 valence electrons. The van der Waals surface area contributed by atoms with Crippen molar-refractivity contribution in [1.82, 2.24) is 9.88 Å². The van der Waals surface area contributed by atoms with Crippen LogP contribution in [0.3, 0.4) is 0 Å². The summed E-state index contributed by atoms with van der Waals surface area (Å²) in [5, 5.41) is 2.43. The molecule has 6 rings (SSSR count). The predicted octanol–water partition coefficient (Wildman–Crippen LogP) is 5.50. The van der Waals surface area contributed by atoms with Gasteiger partial charge < -0.3 is 4.90 Å². The molecule has 2 aliphatic rings. The molecule has 0 amide bonds. The number of hydrogen-bond acceptors (Lipinski definition) is 6. The summed E-state index contributed by atoms with van der Waals surface area (Å²) >= 11 is 7.40. The van der Waals surface area contributed by atoms with Crippen LogP contribution in [0.25, 0.3) is 21.0 Å². The molecular weight excluding hydrogens is 488 g/mol. The number of sulfonamides is 1. The van der Waals surface area contributed by atoms with E-state index < -0.39 is 10.0 Å². The van der Waals surface area contributed by atoms with Crippen molar-refractivity contribution in [3.8, 4) is 0 Å². The van der Waals surface area contributed by atoms with E-state index in [1.165, 1.54) is 30.7 Å².